The average Bonchev–Trinajstić information content (AvgIpc) is 2.87. The van der Waals surface area contributed by atoms with Gasteiger partial charge in [0.25, 0.3) is 0 Å². The number of aromatic nitrogens is 1. The monoisotopic (exact) mass is 625 g/mol. The maximum atomic E-state index is 14.3. The molecular weight excluding hydrogens is 598 g/mol. The van der Waals surface area contributed by atoms with Crippen molar-refractivity contribution in [3.05, 3.63) is 54.1 Å². The second-order valence-electron chi connectivity index (χ2n) is 10.6. The minimum atomic E-state index is -10.1. The first-order chi connectivity index (χ1) is 19.3. The maximum Gasteiger partial charge on any atom is 0.310 e. The van der Waals surface area contributed by atoms with E-state index >= 15 is 0 Å². The van der Waals surface area contributed by atoms with Crippen LogP contribution in [0, 0.1) is 23.1 Å². The van der Waals surface area contributed by atoms with Gasteiger partial charge in [-0.2, -0.15) is 5.26 Å². The molecule has 2 aromatic rings. The molecule has 1 aromatic carbocycles. The van der Waals surface area contributed by atoms with E-state index in [4.69, 9.17) is 0 Å². The third kappa shape index (κ3) is 6.46. The fourth-order valence-corrected chi connectivity index (χ4v) is 5.95. The molecule has 0 bridgehead atoms. The molecule has 2 N–H and O–H groups in total. The molecule has 16 heteroatoms. The highest BCUT2D eigenvalue weighted by atomic mass is 32.5. The molecule has 1 aromatic heterocycles. The second kappa shape index (κ2) is 10.1. The number of rotatable bonds is 8. The number of benzene rings is 1. The van der Waals surface area contributed by atoms with Crippen molar-refractivity contribution in [3.63, 3.8) is 0 Å². The van der Waals surface area contributed by atoms with Gasteiger partial charge in [0.2, 0.25) is 17.7 Å². The van der Waals surface area contributed by atoms with Crippen LogP contribution in [0.2, 0.25) is 0 Å². The summed E-state index contributed by atoms with van der Waals surface area (Å²) in [4.78, 5) is 29.9. The number of carbonyl (C=O) groups excluding carboxylic acids is 2. The molecular formula is C26H27F8N5O2S. The third-order valence-corrected chi connectivity index (χ3v) is 8.94. The number of nitrogens with zero attached hydrogens (tertiary/aromatic N) is 3. The van der Waals surface area contributed by atoms with Gasteiger partial charge in [-0.25, -0.2) is 13.2 Å². The lowest BCUT2D eigenvalue weighted by molar-refractivity contribution is -0.132. The fraction of sp³-hybridized carbons (Fsp3) is 0.462. The van der Waals surface area contributed by atoms with Gasteiger partial charge in [0.05, 0.1) is 18.2 Å². The van der Waals surface area contributed by atoms with Crippen LogP contribution in [-0.2, 0) is 9.59 Å². The Hall–Kier alpha value is -3.45. The summed E-state index contributed by atoms with van der Waals surface area (Å²) in [5.41, 5.74) is -2.07. The summed E-state index contributed by atoms with van der Waals surface area (Å²) in [5, 5.41) is 15.1. The lowest BCUT2D eigenvalue weighted by Gasteiger charge is -2.46. The number of hydrogen-bond acceptors (Lipinski definition) is 5. The van der Waals surface area contributed by atoms with Crippen molar-refractivity contribution in [2.75, 3.05) is 11.9 Å². The summed E-state index contributed by atoms with van der Waals surface area (Å²) < 4.78 is 109. The van der Waals surface area contributed by atoms with Crippen LogP contribution in [0.1, 0.15) is 50.1 Å². The largest absolute Gasteiger partial charge is 0.351 e. The Bertz CT molecular complexity index is 1400. The first-order valence-electron chi connectivity index (χ1n) is 12.9. The van der Waals surface area contributed by atoms with E-state index in [1.54, 1.807) is 0 Å². The Morgan fingerprint density at radius 3 is 2.14 bits per heavy atom. The van der Waals surface area contributed by atoms with E-state index < -0.39 is 80.7 Å². The maximum absolute atomic E-state index is 14.3. The Morgan fingerprint density at radius 2 is 1.67 bits per heavy atom. The van der Waals surface area contributed by atoms with Gasteiger partial charge in [0.15, 0.2) is 0 Å². The van der Waals surface area contributed by atoms with Gasteiger partial charge in [-0.15, -0.1) is 0 Å². The van der Waals surface area contributed by atoms with Crippen LogP contribution >= 0.6 is 10.2 Å². The normalized spacial score (nSPS) is 24.7. The highest BCUT2D eigenvalue weighted by Gasteiger charge is 2.65. The van der Waals surface area contributed by atoms with Crippen LogP contribution in [-0.4, -0.2) is 41.3 Å². The first-order valence-corrected chi connectivity index (χ1v) is 14.8. The Kier molecular flexibility index (Phi) is 7.56. The summed E-state index contributed by atoms with van der Waals surface area (Å²) in [7, 11) is -8.70. The summed E-state index contributed by atoms with van der Waals surface area (Å²) in [6.45, 7) is 0. The van der Waals surface area contributed by atoms with Gasteiger partial charge >= 0.3 is 10.2 Å². The van der Waals surface area contributed by atoms with Crippen LogP contribution in [0.3, 0.4) is 0 Å². The zero-order valence-corrected chi connectivity index (χ0v) is 22.9. The Labute approximate surface area is 236 Å². The van der Waals surface area contributed by atoms with Gasteiger partial charge in [-0.1, -0.05) is 19.4 Å². The molecule has 2 saturated carbocycles. The Balaban J connectivity index is 1.82. The van der Waals surface area contributed by atoms with Crippen LogP contribution in [0.25, 0.3) is 0 Å². The number of halogens is 8. The van der Waals surface area contributed by atoms with E-state index in [0.717, 1.165) is 18.5 Å². The van der Waals surface area contributed by atoms with Gasteiger partial charge in [-0.05, 0) is 63.1 Å². The summed E-state index contributed by atoms with van der Waals surface area (Å²) >= 11 is 0. The van der Waals surface area contributed by atoms with Crippen LogP contribution in [0.5, 0.6) is 0 Å². The molecule has 7 nitrogen and oxygen atoms in total. The van der Waals surface area contributed by atoms with Crippen molar-refractivity contribution >= 4 is 27.7 Å². The van der Waals surface area contributed by atoms with Gasteiger partial charge in [0, 0.05) is 36.3 Å². The van der Waals surface area contributed by atoms with Crippen molar-refractivity contribution in [1.29, 1.82) is 5.26 Å². The number of amides is 2. The molecule has 2 aliphatic rings. The quantitative estimate of drug-likeness (QED) is 0.325. The molecule has 0 saturated heterocycles. The van der Waals surface area contributed by atoms with E-state index in [0.29, 0.717) is 17.0 Å². The standard InChI is InChI=1S/C26H27F8N5O2S/c1-36-25(15-35)9-8-21(25)24(41)39(19-2-4-20(5-3-19)42(30,31,32,33)34)22(16-12-17(27)14-37-13-16)23(40)38-18-6-10-26(28,29)11-7-18/h2-5,12-14,18,21-22,36H,6-11H2,1H3,(H,38,40). The van der Waals surface area contributed by atoms with Gasteiger partial charge in [0.1, 0.15) is 22.3 Å². The molecule has 0 spiro atoms. The third-order valence-electron chi connectivity index (χ3n) is 7.78. The number of pyridine rings is 1. The summed E-state index contributed by atoms with van der Waals surface area (Å²) in [6.07, 6.45) is 0.851. The van der Waals surface area contributed by atoms with Crippen molar-refractivity contribution in [2.24, 2.45) is 5.92 Å². The molecule has 230 valence electrons. The van der Waals surface area contributed by atoms with E-state index in [1.807, 2.05) is 6.07 Å². The van der Waals surface area contributed by atoms with Crippen LogP contribution in [0.4, 0.5) is 38.3 Å². The predicted octanol–water partition coefficient (Wildman–Crippen LogP) is 6.54. The Morgan fingerprint density at radius 1 is 1.05 bits per heavy atom. The average molecular weight is 626 g/mol. The molecule has 2 amide bonds. The minimum absolute atomic E-state index is 0.0650. The van der Waals surface area contributed by atoms with Crippen molar-refractivity contribution in [1.82, 2.24) is 15.6 Å². The topological polar surface area (TPSA) is 98.1 Å². The number of anilines is 1. The van der Waals surface area contributed by atoms with E-state index in [2.05, 4.69) is 15.6 Å². The SMILES string of the molecule is CNC1(C#N)CCC1C(=O)N(c1ccc(S(F)(F)(F)(F)F)cc1)C(C(=O)NC1CCC(F)(F)CC1)c1cncc(F)c1. The molecule has 3 unspecified atom stereocenters. The number of nitrogens with one attached hydrogen (secondary N) is 2. The lowest BCUT2D eigenvalue weighted by atomic mass is 9.66. The van der Waals surface area contributed by atoms with E-state index in [-0.39, 0.29) is 43.4 Å². The number of hydrogen-bond donors (Lipinski definition) is 2. The lowest BCUT2D eigenvalue weighted by Crippen LogP contribution is -2.62. The molecule has 2 fully saturated rings. The smallest absolute Gasteiger partial charge is 0.310 e. The number of carbonyl (C=O) groups is 2. The molecule has 3 atom stereocenters. The van der Waals surface area contributed by atoms with Crippen molar-refractivity contribution in [2.45, 2.75) is 67.0 Å². The second-order valence-corrected chi connectivity index (χ2v) is 13.0. The van der Waals surface area contributed by atoms with Crippen LogP contribution < -0.4 is 15.5 Å². The van der Waals surface area contributed by atoms with Crippen molar-refractivity contribution in [3.8, 4) is 6.07 Å². The van der Waals surface area contributed by atoms with Crippen molar-refractivity contribution < 1.29 is 42.2 Å². The first kappa shape index (κ1) is 31.5. The predicted molar refractivity (Wildman–Crippen MR) is 138 cm³/mol. The summed E-state index contributed by atoms with van der Waals surface area (Å²) in [5.74, 6) is -6.92. The van der Waals surface area contributed by atoms with E-state index in [1.165, 1.54) is 7.05 Å². The summed E-state index contributed by atoms with van der Waals surface area (Å²) in [6, 6.07) is 1.53. The highest BCUT2D eigenvalue weighted by Crippen LogP contribution is 3.02. The van der Waals surface area contributed by atoms with Crippen LogP contribution in [0.15, 0.2) is 47.6 Å². The molecule has 2 aliphatic carbocycles. The molecule has 4 rings (SSSR count). The minimum Gasteiger partial charge on any atom is -0.351 e. The molecule has 0 radical (unpaired) electrons. The zero-order chi connectivity index (χ0) is 31.2. The molecule has 1 heterocycles. The van der Waals surface area contributed by atoms with E-state index in [9.17, 15) is 47.5 Å². The fourth-order valence-electron chi connectivity index (χ4n) is 5.30. The zero-order valence-electron chi connectivity index (χ0n) is 22.1. The molecule has 42 heavy (non-hydrogen) atoms. The highest BCUT2D eigenvalue weighted by molar-refractivity contribution is 8.45. The number of alkyl halides is 2. The number of nitriles is 1. The molecule has 0 aliphatic heterocycles. The van der Waals surface area contributed by atoms with Gasteiger partial charge in [-0.3, -0.25) is 19.5 Å². The van der Waals surface area contributed by atoms with Gasteiger partial charge < -0.3 is 10.6 Å².